The van der Waals surface area contributed by atoms with Gasteiger partial charge in [0.1, 0.15) is 22.4 Å². The first-order valence-corrected chi connectivity index (χ1v) is 15.4. The van der Waals surface area contributed by atoms with Crippen LogP contribution in [0, 0.1) is 0 Å². The molecule has 0 bridgehead atoms. The Morgan fingerprint density at radius 2 is 0.762 bits per heavy atom. The zero-order chi connectivity index (χ0) is 33.5. The highest BCUT2D eigenvalue weighted by atomic mass is 33.1. The van der Waals surface area contributed by atoms with E-state index in [1.807, 2.05) is 10.6 Å². The van der Waals surface area contributed by atoms with E-state index in [1.165, 1.54) is 83.1 Å². The Labute approximate surface area is 252 Å². The molecular formula is C26H44F4N2O8S2. The van der Waals surface area contributed by atoms with Gasteiger partial charge in [-0.2, -0.15) is 0 Å². The van der Waals surface area contributed by atoms with Gasteiger partial charge >= 0.3 is 24.1 Å². The molecule has 0 saturated carbocycles. The predicted molar refractivity (Wildman–Crippen MR) is 153 cm³/mol. The second kappa shape index (κ2) is 14.6. The van der Waals surface area contributed by atoms with Crippen LogP contribution in [0.1, 0.15) is 83.1 Å². The molecule has 246 valence electrons. The van der Waals surface area contributed by atoms with Gasteiger partial charge in [0.25, 0.3) is 11.8 Å². The summed E-state index contributed by atoms with van der Waals surface area (Å²) in [5.74, 6) is -13.3. The number of carbonyl (C=O) groups excluding carboxylic acids is 4. The van der Waals surface area contributed by atoms with Crippen molar-refractivity contribution in [3.05, 3.63) is 0 Å². The van der Waals surface area contributed by atoms with E-state index in [1.54, 1.807) is 0 Å². The third-order valence-corrected chi connectivity index (χ3v) is 6.42. The number of halogens is 4. The molecule has 0 radical (unpaired) electrons. The van der Waals surface area contributed by atoms with Crippen LogP contribution in [0.25, 0.3) is 0 Å². The summed E-state index contributed by atoms with van der Waals surface area (Å²) in [6.07, 6.45) is -2.62. The molecule has 0 unspecified atom stereocenters. The van der Waals surface area contributed by atoms with Gasteiger partial charge in [0.2, 0.25) is 0 Å². The van der Waals surface area contributed by atoms with Crippen molar-refractivity contribution >= 4 is 45.7 Å². The fourth-order valence-electron chi connectivity index (χ4n) is 2.65. The van der Waals surface area contributed by atoms with Gasteiger partial charge < -0.3 is 29.6 Å². The Morgan fingerprint density at radius 1 is 0.524 bits per heavy atom. The van der Waals surface area contributed by atoms with E-state index in [0.29, 0.717) is 0 Å². The Balaban J connectivity index is 5.72. The van der Waals surface area contributed by atoms with Gasteiger partial charge in [-0.15, -0.1) is 0 Å². The number of ether oxygens (including phenoxy) is 4. The van der Waals surface area contributed by atoms with Crippen LogP contribution in [-0.4, -0.2) is 82.0 Å². The van der Waals surface area contributed by atoms with Crippen LogP contribution in [0.3, 0.4) is 0 Å². The minimum absolute atomic E-state index is 0.253. The van der Waals surface area contributed by atoms with Crippen molar-refractivity contribution in [3.8, 4) is 0 Å². The molecule has 0 fully saturated rings. The molecule has 0 rings (SSSR count). The number of alkyl halides is 4. The standard InChI is InChI=1S/C26H44F4N2O8S2/c1-21(2,3)37-17(33)15(31-19(35)39-23(7,8)9)25(27,28)13-41-42-14-26(29,30)16(18(34)38-22(4,5)6)32-20(36)40-24(10,11)12/h15-16H,13-14H2,1-12H3,(H,31,35)(H,32,36)/t15-,16-/m1/s1. The summed E-state index contributed by atoms with van der Waals surface area (Å²) >= 11 is 0. The van der Waals surface area contributed by atoms with Crippen molar-refractivity contribution in [2.45, 2.75) is 129 Å². The molecule has 0 heterocycles. The number of nitrogens with one attached hydrogen (secondary N) is 2. The maximum atomic E-state index is 15.2. The number of amides is 2. The van der Waals surface area contributed by atoms with E-state index in [4.69, 9.17) is 18.9 Å². The molecule has 42 heavy (non-hydrogen) atoms. The third-order valence-electron chi connectivity index (χ3n) is 4.04. The first kappa shape index (κ1) is 39.9. The molecular weight excluding hydrogens is 608 g/mol. The summed E-state index contributed by atoms with van der Waals surface area (Å²) in [6.45, 7) is 17.6. The van der Waals surface area contributed by atoms with Gasteiger partial charge in [-0.05, 0) is 83.1 Å². The Bertz CT molecular complexity index is 880. The van der Waals surface area contributed by atoms with Crippen LogP contribution < -0.4 is 10.6 Å². The molecule has 0 aliphatic rings. The Kier molecular flexibility index (Phi) is 13.9. The van der Waals surface area contributed by atoms with Gasteiger partial charge in [-0.25, -0.2) is 36.7 Å². The maximum absolute atomic E-state index is 15.2. The third kappa shape index (κ3) is 17.1. The molecule has 0 aromatic carbocycles. The largest absolute Gasteiger partial charge is 0.458 e. The van der Waals surface area contributed by atoms with Gasteiger partial charge in [-0.1, -0.05) is 21.6 Å². The van der Waals surface area contributed by atoms with E-state index in [-0.39, 0.29) is 21.6 Å². The normalized spacial score (nSPS) is 14.8. The maximum Gasteiger partial charge on any atom is 0.408 e. The first-order valence-electron chi connectivity index (χ1n) is 12.9. The summed E-state index contributed by atoms with van der Waals surface area (Å²) in [7, 11) is 0.506. The molecule has 0 aromatic rings. The Morgan fingerprint density at radius 3 is 0.976 bits per heavy atom. The number of carbonyl (C=O) groups is 4. The molecule has 2 amide bonds. The molecule has 2 atom stereocenters. The second-order valence-corrected chi connectivity index (χ2v) is 15.7. The minimum Gasteiger partial charge on any atom is -0.458 e. The smallest absolute Gasteiger partial charge is 0.408 e. The SMILES string of the molecule is CC(C)(C)OC(=O)N[C@H](C(=O)OC(C)(C)C)C(F)(F)CSSCC(F)(F)[C@H](NC(=O)OC(C)(C)C)C(=O)OC(C)(C)C. The van der Waals surface area contributed by atoms with Crippen LogP contribution in [0.15, 0.2) is 0 Å². The van der Waals surface area contributed by atoms with Crippen LogP contribution in [0.5, 0.6) is 0 Å². The highest BCUT2D eigenvalue weighted by Crippen LogP contribution is 2.37. The lowest BCUT2D eigenvalue weighted by atomic mass is 10.1. The van der Waals surface area contributed by atoms with Gasteiger partial charge in [0.15, 0.2) is 12.1 Å². The summed E-state index contributed by atoms with van der Waals surface area (Å²) in [4.78, 5) is 49.5. The fraction of sp³-hybridized carbons (Fsp3) is 0.846. The lowest BCUT2D eigenvalue weighted by Gasteiger charge is -2.31. The quantitative estimate of drug-likeness (QED) is 0.0887. The van der Waals surface area contributed by atoms with Gasteiger partial charge in [0, 0.05) is 0 Å². The monoisotopic (exact) mass is 652 g/mol. The topological polar surface area (TPSA) is 129 Å². The summed E-state index contributed by atoms with van der Waals surface area (Å²) in [5.41, 5.74) is -4.48. The van der Waals surface area contributed by atoms with Crippen molar-refractivity contribution in [3.63, 3.8) is 0 Å². The van der Waals surface area contributed by atoms with Gasteiger partial charge in [-0.3, -0.25) is 0 Å². The van der Waals surface area contributed by atoms with Crippen molar-refractivity contribution in [1.82, 2.24) is 10.6 Å². The lowest BCUT2D eigenvalue weighted by Crippen LogP contribution is -2.56. The number of rotatable bonds is 11. The number of hydrogen-bond acceptors (Lipinski definition) is 10. The highest BCUT2D eigenvalue weighted by Gasteiger charge is 2.50. The molecule has 0 aromatic heterocycles. The summed E-state index contributed by atoms with van der Waals surface area (Å²) in [5, 5.41) is 3.62. The van der Waals surface area contributed by atoms with Crippen LogP contribution in [0.4, 0.5) is 27.2 Å². The lowest BCUT2D eigenvalue weighted by molar-refractivity contribution is -0.167. The summed E-state index contributed by atoms with van der Waals surface area (Å²) < 4.78 is 80.7. The number of hydrogen-bond donors (Lipinski definition) is 2. The zero-order valence-electron chi connectivity index (χ0n) is 26.2. The highest BCUT2D eigenvalue weighted by molar-refractivity contribution is 8.76. The van der Waals surface area contributed by atoms with E-state index in [2.05, 4.69) is 0 Å². The fourth-order valence-corrected chi connectivity index (χ4v) is 4.91. The second-order valence-electron chi connectivity index (χ2n) is 13.3. The number of esters is 2. The van der Waals surface area contributed by atoms with Crippen molar-refractivity contribution < 1.29 is 55.7 Å². The molecule has 0 aliphatic heterocycles. The molecule has 10 nitrogen and oxygen atoms in total. The minimum atomic E-state index is -3.98. The predicted octanol–water partition coefficient (Wildman–Crippen LogP) is 6.11. The molecule has 2 N–H and O–H groups in total. The van der Waals surface area contributed by atoms with E-state index < -0.39 is 82.0 Å². The van der Waals surface area contributed by atoms with Crippen molar-refractivity contribution in [1.29, 1.82) is 0 Å². The zero-order valence-corrected chi connectivity index (χ0v) is 27.8. The van der Waals surface area contributed by atoms with Crippen LogP contribution in [0.2, 0.25) is 0 Å². The first-order chi connectivity index (χ1) is 18.4. The van der Waals surface area contributed by atoms with Gasteiger partial charge in [0.05, 0.1) is 11.5 Å². The van der Waals surface area contributed by atoms with E-state index >= 15 is 17.6 Å². The van der Waals surface area contributed by atoms with Crippen LogP contribution >= 0.6 is 21.6 Å². The molecule has 16 heteroatoms. The van der Waals surface area contributed by atoms with Crippen LogP contribution in [-0.2, 0) is 28.5 Å². The van der Waals surface area contributed by atoms with Crippen molar-refractivity contribution in [2.75, 3.05) is 11.5 Å². The summed E-state index contributed by atoms with van der Waals surface area (Å²) in [6, 6.07) is -4.99. The van der Waals surface area contributed by atoms with Crippen molar-refractivity contribution in [2.24, 2.45) is 0 Å². The molecule has 0 spiro atoms. The average Bonchev–Trinajstić information content (AvgIpc) is 2.68. The number of alkyl carbamates (subject to hydrolysis) is 2. The average molecular weight is 653 g/mol. The molecule has 0 aliphatic carbocycles. The van der Waals surface area contributed by atoms with E-state index in [9.17, 15) is 19.2 Å². The Hall–Kier alpha value is -2.10. The van der Waals surface area contributed by atoms with E-state index in [0.717, 1.165) is 0 Å². The molecule has 0 saturated heterocycles.